The fraction of sp³-hybridized carbons (Fsp3) is 0.462. The van der Waals surface area contributed by atoms with Gasteiger partial charge in [0.15, 0.2) is 6.61 Å². The summed E-state index contributed by atoms with van der Waals surface area (Å²) in [5, 5.41) is 20.9. The van der Waals surface area contributed by atoms with Gasteiger partial charge >= 0.3 is 0 Å². The second-order valence-corrected chi connectivity index (χ2v) is 4.29. The zero-order chi connectivity index (χ0) is 12.1. The van der Waals surface area contributed by atoms with E-state index in [1.165, 1.54) is 5.56 Å². The molecule has 0 bridgehead atoms. The molecular weight excluding hydrogens is 216 g/mol. The molecule has 1 saturated carbocycles. The van der Waals surface area contributed by atoms with Crippen LogP contribution in [0.25, 0.3) is 0 Å². The number of hydrogen-bond donors (Lipinski definition) is 2. The van der Waals surface area contributed by atoms with E-state index in [1.54, 1.807) is 0 Å². The van der Waals surface area contributed by atoms with E-state index < -0.39 is 0 Å². The minimum atomic E-state index is -0.116. The van der Waals surface area contributed by atoms with Gasteiger partial charge in [0.25, 0.3) is 0 Å². The van der Waals surface area contributed by atoms with E-state index in [4.69, 9.17) is 15.1 Å². The second-order valence-electron chi connectivity index (χ2n) is 4.29. The summed E-state index contributed by atoms with van der Waals surface area (Å²) in [6.07, 6.45) is 1.58. The smallest absolute Gasteiger partial charge is 0.174 e. The number of aliphatic hydroxyl groups excluding tert-OH is 1. The van der Waals surface area contributed by atoms with Gasteiger partial charge in [0, 0.05) is 12.6 Å². The number of nitrogens with zero attached hydrogens (tertiary/aromatic N) is 1. The van der Waals surface area contributed by atoms with Gasteiger partial charge in [-0.3, -0.25) is 0 Å². The van der Waals surface area contributed by atoms with E-state index in [9.17, 15) is 0 Å². The van der Waals surface area contributed by atoms with Gasteiger partial charge in [0.05, 0.1) is 6.10 Å². The fourth-order valence-electron chi connectivity index (χ4n) is 1.84. The van der Waals surface area contributed by atoms with Crippen molar-refractivity contribution in [3.8, 4) is 11.8 Å². The zero-order valence-corrected chi connectivity index (χ0v) is 9.60. The second kappa shape index (κ2) is 5.67. The van der Waals surface area contributed by atoms with Crippen molar-refractivity contribution in [1.29, 1.82) is 5.26 Å². The third-order valence-electron chi connectivity index (χ3n) is 2.93. The van der Waals surface area contributed by atoms with Gasteiger partial charge in [0.1, 0.15) is 11.8 Å². The van der Waals surface area contributed by atoms with Crippen molar-refractivity contribution in [2.24, 2.45) is 0 Å². The third-order valence-corrected chi connectivity index (χ3v) is 2.93. The van der Waals surface area contributed by atoms with Crippen LogP contribution < -0.4 is 10.1 Å². The Morgan fingerprint density at radius 2 is 2.06 bits per heavy atom. The maximum atomic E-state index is 9.15. The molecule has 2 N–H and O–H groups in total. The summed E-state index contributed by atoms with van der Waals surface area (Å²) < 4.78 is 5.17. The number of nitriles is 1. The van der Waals surface area contributed by atoms with E-state index >= 15 is 0 Å². The zero-order valence-electron chi connectivity index (χ0n) is 9.60. The molecule has 0 heterocycles. The summed E-state index contributed by atoms with van der Waals surface area (Å²) in [6.45, 7) is 0.882. The molecule has 0 aromatic heterocycles. The number of ether oxygens (including phenoxy) is 1. The van der Waals surface area contributed by atoms with Gasteiger partial charge < -0.3 is 15.2 Å². The molecule has 17 heavy (non-hydrogen) atoms. The Morgan fingerprint density at radius 3 is 2.65 bits per heavy atom. The Balaban J connectivity index is 1.76. The summed E-state index contributed by atoms with van der Waals surface area (Å²) >= 11 is 0. The largest absolute Gasteiger partial charge is 0.479 e. The molecular formula is C13H16N2O2. The number of hydrogen-bond acceptors (Lipinski definition) is 4. The Labute approximate surface area is 101 Å². The van der Waals surface area contributed by atoms with Crippen molar-refractivity contribution in [3.63, 3.8) is 0 Å². The molecule has 1 aliphatic carbocycles. The highest BCUT2D eigenvalue weighted by atomic mass is 16.5. The average molecular weight is 232 g/mol. The number of nitrogens with one attached hydrogen (secondary N) is 1. The number of rotatable bonds is 5. The molecule has 1 aromatic rings. The molecule has 4 heteroatoms. The summed E-state index contributed by atoms with van der Waals surface area (Å²) in [7, 11) is 0. The summed E-state index contributed by atoms with van der Waals surface area (Å²) in [5.41, 5.74) is 1.18. The minimum absolute atomic E-state index is 0.0809. The minimum Gasteiger partial charge on any atom is -0.479 e. The van der Waals surface area contributed by atoms with Crippen LogP contribution in [0.15, 0.2) is 24.3 Å². The van der Waals surface area contributed by atoms with Crippen molar-refractivity contribution in [2.75, 3.05) is 6.61 Å². The summed E-state index contributed by atoms with van der Waals surface area (Å²) in [6, 6.07) is 10.1. The monoisotopic (exact) mass is 232 g/mol. The normalized spacial score (nSPS) is 22.6. The SMILES string of the molecule is N#CCOc1ccc(CNC2CC(O)C2)cc1. The van der Waals surface area contributed by atoms with Crippen LogP contribution in [0.3, 0.4) is 0 Å². The molecule has 0 spiro atoms. The van der Waals surface area contributed by atoms with Crippen LogP contribution in [-0.2, 0) is 6.54 Å². The van der Waals surface area contributed by atoms with E-state index in [0.29, 0.717) is 6.04 Å². The van der Waals surface area contributed by atoms with Crippen LogP contribution >= 0.6 is 0 Å². The quantitative estimate of drug-likeness (QED) is 0.800. The lowest BCUT2D eigenvalue weighted by molar-refractivity contribution is 0.0619. The predicted molar refractivity (Wildman–Crippen MR) is 63.4 cm³/mol. The molecule has 1 fully saturated rings. The van der Waals surface area contributed by atoms with Crippen LogP contribution in [-0.4, -0.2) is 23.9 Å². The van der Waals surface area contributed by atoms with Crippen molar-refractivity contribution < 1.29 is 9.84 Å². The lowest BCUT2D eigenvalue weighted by Gasteiger charge is -2.32. The first-order valence-electron chi connectivity index (χ1n) is 5.78. The van der Waals surface area contributed by atoms with E-state index in [0.717, 1.165) is 25.1 Å². The highest BCUT2D eigenvalue weighted by Gasteiger charge is 2.26. The molecule has 0 unspecified atom stereocenters. The number of aliphatic hydroxyl groups is 1. The first-order valence-corrected chi connectivity index (χ1v) is 5.78. The topological polar surface area (TPSA) is 65.3 Å². The van der Waals surface area contributed by atoms with Crippen molar-refractivity contribution >= 4 is 0 Å². The van der Waals surface area contributed by atoms with Crippen LogP contribution in [0.2, 0.25) is 0 Å². The molecule has 0 radical (unpaired) electrons. The standard InChI is InChI=1S/C13H16N2O2/c14-5-6-17-13-3-1-10(2-4-13)9-15-11-7-12(16)8-11/h1-4,11-12,15-16H,6-9H2. The van der Waals surface area contributed by atoms with Crippen LogP contribution in [0, 0.1) is 11.3 Å². The molecule has 0 saturated heterocycles. The molecule has 0 atom stereocenters. The van der Waals surface area contributed by atoms with Gasteiger partial charge in [-0.05, 0) is 30.5 Å². The molecule has 0 aliphatic heterocycles. The molecule has 1 aliphatic rings. The first-order chi connectivity index (χ1) is 8.28. The summed E-state index contributed by atoms with van der Waals surface area (Å²) in [5.74, 6) is 0.717. The van der Waals surface area contributed by atoms with Gasteiger partial charge in [-0.1, -0.05) is 12.1 Å². The average Bonchev–Trinajstić information content (AvgIpc) is 2.32. The maximum Gasteiger partial charge on any atom is 0.174 e. The Hall–Kier alpha value is -1.57. The maximum absolute atomic E-state index is 9.15. The van der Waals surface area contributed by atoms with Gasteiger partial charge in [0.2, 0.25) is 0 Å². The van der Waals surface area contributed by atoms with E-state index in [-0.39, 0.29) is 12.7 Å². The first kappa shape index (κ1) is 11.9. The van der Waals surface area contributed by atoms with Gasteiger partial charge in [-0.25, -0.2) is 0 Å². The van der Waals surface area contributed by atoms with Crippen LogP contribution in [0.1, 0.15) is 18.4 Å². The third kappa shape index (κ3) is 3.45. The fourth-order valence-corrected chi connectivity index (χ4v) is 1.84. The van der Waals surface area contributed by atoms with Crippen molar-refractivity contribution in [3.05, 3.63) is 29.8 Å². The van der Waals surface area contributed by atoms with Crippen molar-refractivity contribution in [1.82, 2.24) is 5.32 Å². The highest BCUT2D eigenvalue weighted by Crippen LogP contribution is 2.20. The van der Waals surface area contributed by atoms with E-state index in [2.05, 4.69) is 5.32 Å². The Bertz CT molecular complexity index is 391. The summed E-state index contributed by atoms with van der Waals surface area (Å²) in [4.78, 5) is 0. The van der Waals surface area contributed by atoms with Crippen molar-refractivity contribution in [2.45, 2.75) is 31.5 Å². The molecule has 2 rings (SSSR count). The van der Waals surface area contributed by atoms with Gasteiger partial charge in [-0.15, -0.1) is 0 Å². The predicted octanol–water partition coefficient (Wildman–Crippen LogP) is 1.20. The molecule has 4 nitrogen and oxygen atoms in total. The number of benzene rings is 1. The lowest BCUT2D eigenvalue weighted by atomic mass is 9.89. The lowest BCUT2D eigenvalue weighted by Crippen LogP contribution is -2.43. The van der Waals surface area contributed by atoms with Gasteiger partial charge in [-0.2, -0.15) is 5.26 Å². The van der Waals surface area contributed by atoms with Crippen LogP contribution in [0.4, 0.5) is 0 Å². The Morgan fingerprint density at radius 1 is 1.35 bits per heavy atom. The molecule has 0 amide bonds. The Kier molecular flexibility index (Phi) is 3.97. The van der Waals surface area contributed by atoms with E-state index in [1.807, 2.05) is 30.3 Å². The highest BCUT2D eigenvalue weighted by molar-refractivity contribution is 5.27. The van der Waals surface area contributed by atoms with Crippen LogP contribution in [0.5, 0.6) is 5.75 Å². The molecule has 1 aromatic carbocycles. The molecule has 90 valence electrons.